The van der Waals surface area contributed by atoms with Crippen molar-refractivity contribution in [3.63, 3.8) is 0 Å². The van der Waals surface area contributed by atoms with Crippen LogP contribution in [-0.2, 0) is 25.5 Å². The third-order valence-electron chi connectivity index (χ3n) is 8.37. The standard InChI is InChI=1S/C16H27N3O3.C11H13NO/c1-11-16(6-3-4-7-16)9-14-19(11)15(21)12(5-8-22-14)18-13(20)10-17-2;13-8-12-11-7-3-5-9-4-1-2-6-10(9)11/h11-12,14,17H,3-10H2,1-2H3,(H,18,20);1-2,4,6,8,11H,3,5,7H2,(H,12,13). The molecule has 3 N–H and O–H groups in total. The van der Waals surface area contributed by atoms with Gasteiger partial charge in [0.25, 0.3) is 0 Å². The van der Waals surface area contributed by atoms with Gasteiger partial charge in [0.2, 0.25) is 18.2 Å². The molecule has 8 heteroatoms. The molecule has 2 aliphatic heterocycles. The quantitative estimate of drug-likeness (QED) is 0.558. The molecule has 1 aromatic rings. The maximum Gasteiger partial charge on any atom is 0.247 e. The summed E-state index contributed by atoms with van der Waals surface area (Å²) in [7, 11) is 1.72. The molecule has 0 radical (unpaired) electrons. The number of fused-ring (bicyclic) bond motifs is 2. The van der Waals surface area contributed by atoms with Crippen LogP contribution < -0.4 is 16.0 Å². The predicted octanol–water partition coefficient (Wildman–Crippen LogP) is 2.43. The zero-order valence-electron chi connectivity index (χ0n) is 21.1. The van der Waals surface area contributed by atoms with E-state index in [1.54, 1.807) is 7.05 Å². The van der Waals surface area contributed by atoms with Gasteiger partial charge in [-0.1, -0.05) is 37.1 Å². The average Bonchev–Trinajstić information content (AvgIpc) is 3.39. The SMILES string of the molecule is CNCC(=O)NC1CCOC2CC3(CCCC3)C(C)N2C1=O.O=CNC1CCCc2ccccc21. The number of carbonyl (C=O) groups is 3. The van der Waals surface area contributed by atoms with Gasteiger partial charge in [-0.05, 0) is 69.0 Å². The van der Waals surface area contributed by atoms with Crippen molar-refractivity contribution in [2.45, 2.75) is 89.1 Å². The van der Waals surface area contributed by atoms with Gasteiger partial charge < -0.3 is 25.6 Å². The number of rotatable bonds is 5. The minimum atomic E-state index is -0.454. The highest BCUT2D eigenvalue weighted by atomic mass is 16.5. The summed E-state index contributed by atoms with van der Waals surface area (Å²) in [4.78, 5) is 37.0. The molecule has 5 rings (SSSR count). The Balaban J connectivity index is 0.000000189. The van der Waals surface area contributed by atoms with Crippen LogP contribution in [0.25, 0.3) is 0 Å². The fourth-order valence-corrected chi connectivity index (χ4v) is 6.51. The first-order chi connectivity index (χ1) is 17.0. The zero-order chi connectivity index (χ0) is 24.8. The number of nitrogens with one attached hydrogen (secondary N) is 3. The van der Waals surface area contributed by atoms with E-state index in [0.717, 1.165) is 25.7 Å². The molecule has 3 amide bonds. The Labute approximate surface area is 208 Å². The van der Waals surface area contributed by atoms with Gasteiger partial charge in [-0.15, -0.1) is 0 Å². The first kappa shape index (κ1) is 25.6. The molecule has 2 saturated heterocycles. The van der Waals surface area contributed by atoms with Crippen molar-refractivity contribution in [3.8, 4) is 0 Å². The second-order valence-electron chi connectivity index (χ2n) is 10.4. The minimum Gasteiger partial charge on any atom is -0.358 e. The lowest BCUT2D eigenvalue weighted by atomic mass is 9.79. The molecule has 8 nitrogen and oxygen atoms in total. The second-order valence-corrected chi connectivity index (χ2v) is 10.4. The van der Waals surface area contributed by atoms with Crippen LogP contribution in [0, 0.1) is 5.41 Å². The lowest BCUT2D eigenvalue weighted by Crippen LogP contribution is -2.52. The number of hydrogen-bond donors (Lipinski definition) is 3. The molecule has 35 heavy (non-hydrogen) atoms. The van der Waals surface area contributed by atoms with Crippen LogP contribution in [0.15, 0.2) is 24.3 Å². The Morgan fingerprint density at radius 1 is 1.17 bits per heavy atom. The second kappa shape index (κ2) is 11.5. The molecule has 1 aromatic carbocycles. The molecule has 4 unspecified atom stereocenters. The molecule has 4 atom stereocenters. The molecule has 1 spiro atoms. The molecule has 2 aliphatic carbocycles. The smallest absolute Gasteiger partial charge is 0.247 e. The Bertz CT molecular complexity index is 901. The third-order valence-corrected chi connectivity index (χ3v) is 8.37. The summed E-state index contributed by atoms with van der Waals surface area (Å²) < 4.78 is 5.96. The number of aryl methyl sites for hydroxylation is 1. The van der Waals surface area contributed by atoms with Gasteiger partial charge in [-0.2, -0.15) is 0 Å². The number of benzene rings is 1. The third kappa shape index (κ3) is 5.54. The van der Waals surface area contributed by atoms with E-state index in [0.29, 0.717) is 13.0 Å². The lowest BCUT2D eigenvalue weighted by molar-refractivity contribution is -0.143. The van der Waals surface area contributed by atoms with Crippen molar-refractivity contribution >= 4 is 18.2 Å². The van der Waals surface area contributed by atoms with E-state index in [1.165, 1.54) is 43.2 Å². The summed E-state index contributed by atoms with van der Waals surface area (Å²) in [6.45, 7) is 2.91. The summed E-state index contributed by atoms with van der Waals surface area (Å²) in [5.74, 6) is -0.107. The number of nitrogens with zero attached hydrogens (tertiary/aromatic N) is 1. The molecule has 1 saturated carbocycles. The Morgan fingerprint density at radius 3 is 2.69 bits per heavy atom. The van der Waals surface area contributed by atoms with E-state index in [4.69, 9.17) is 4.74 Å². The number of carbonyl (C=O) groups excluding carboxylic acids is 3. The first-order valence-corrected chi connectivity index (χ1v) is 13.1. The molecule has 3 fully saturated rings. The maximum atomic E-state index is 12.9. The molecule has 192 valence electrons. The van der Waals surface area contributed by atoms with Crippen molar-refractivity contribution in [2.75, 3.05) is 20.2 Å². The van der Waals surface area contributed by atoms with Crippen molar-refractivity contribution in [1.29, 1.82) is 0 Å². The average molecular weight is 485 g/mol. The van der Waals surface area contributed by atoms with Gasteiger partial charge in [0.1, 0.15) is 12.3 Å². The summed E-state index contributed by atoms with van der Waals surface area (Å²) in [5.41, 5.74) is 2.91. The van der Waals surface area contributed by atoms with Crippen LogP contribution in [0.3, 0.4) is 0 Å². The summed E-state index contributed by atoms with van der Waals surface area (Å²) in [5, 5.41) is 8.52. The van der Waals surface area contributed by atoms with Gasteiger partial charge in [-0.25, -0.2) is 0 Å². The fraction of sp³-hybridized carbons (Fsp3) is 0.667. The molecule has 2 heterocycles. The monoisotopic (exact) mass is 484 g/mol. The highest BCUT2D eigenvalue weighted by Crippen LogP contribution is 2.52. The van der Waals surface area contributed by atoms with Gasteiger partial charge in [0, 0.05) is 12.5 Å². The van der Waals surface area contributed by atoms with Gasteiger partial charge >= 0.3 is 0 Å². The zero-order valence-corrected chi connectivity index (χ0v) is 21.1. The van der Waals surface area contributed by atoms with E-state index < -0.39 is 6.04 Å². The number of ether oxygens (including phenoxy) is 1. The number of likely N-dealkylation sites (N-methyl/N-ethyl adjacent to an activating group) is 1. The highest BCUT2D eigenvalue weighted by molar-refractivity contribution is 5.89. The van der Waals surface area contributed by atoms with Gasteiger partial charge in [-0.3, -0.25) is 14.4 Å². The van der Waals surface area contributed by atoms with Gasteiger partial charge in [0.15, 0.2) is 0 Å². The van der Waals surface area contributed by atoms with Crippen LogP contribution in [0.4, 0.5) is 0 Å². The number of hydrogen-bond acceptors (Lipinski definition) is 5. The van der Waals surface area contributed by atoms with E-state index in [-0.39, 0.29) is 42.1 Å². The van der Waals surface area contributed by atoms with E-state index in [9.17, 15) is 14.4 Å². The van der Waals surface area contributed by atoms with E-state index in [1.807, 2.05) is 11.0 Å². The first-order valence-electron chi connectivity index (χ1n) is 13.1. The topological polar surface area (TPSA) is 99.8 Å². The van der Waals surface area contributed by atoms with Crippen LogP contribution in [-0.4, -0.2) is 61.6 Å². The van der Waals surface area contributed by atoms with Crippen LogP contribution >= 0.6 is 0 Å². The molecular formula is C27H40N4O4. The summed E-state index contributed by atoms with van der Waals surface area (Å²) in [6, 6.07) is 8.33. The van der Waals surface area contributed by atoms with Crippen LogP contribution in [0.5, 0.6) is 0 Å². The van der Waals surface area contributed by atoms with Crippen molar-refractivity contribution in [3.05, 3.63) is 35.4 Å². The summed E-state index contributed by atoms with van der Waals surface area (Å²) >= 11 is 0. The highest BCUT2D eigenvalue weighted by Gasteiger charge is 2.54. The van der Waals surface area contributed by atoms with E-state index in [2.05, 4.69) is 41.1 Å². The molecule has 0 bridgehead atoms. The van der Waals surface area contributed by atoms with Crippen LogP contribution in [0.1, 0.15) is 75.5 Å². The van der Waals surface area contributed by atoms with Gasteiger partial charge in [0.05, 0.1) is 19.2 Å². The predicted molar refractivity (Wildman–Crippen MR) is 133 cm³/mol. The number of amides is 3. The summed E-state index contributed by atoms with van der Waals surface area (Å²) in [6.07, 6.45) is 10.5. The minimum absolute atomic E-state index is 0.0308. The van der Waals surface area contributed by atoms with Crippen LogP contribution in [0.2, 0.25) is 0 Å². The lowest BCUT2D eigenvalue weighted by Gasteiger charge is -2.33. The van der Waals surface area contributed by atoms with Crippen molar-refractivity contribution in [2.24, 2.45) is 5.41 Å². The van der Waals surface area contributed by atoms with Crippen molar-refractivity contribution in [1.82, 2.24) is 20.9 Å². The van der Waals surface area contributed by atoms with Crippen molar-refractivity contribution < 1.29 is 19.1 Å². The Hall–Kier alpha value is -2.45. The Kier molecular flexibility index (Phi) is 8.44. The van der Waals surface area contributed by atoms with E-state index >= 15 is 0 Å². The largest absolute Gasteiger partial charge is 0.358 e. The Morgan fingerprint density at radius 2 is 1.94 bits per heavy atom. The maximum absolute atomic E-state index is 12.9. The molecule has 0 aromatic heterocycles. The fourth-order valence-electron chi connectivity index (χ4n) is 6.51. The molecular weight excluding hydrogens is 444 g/mol. The molecule has 4 aliphatic rings. The normalized spacial score (nSPS) is 28.9.